The number of rotatable bonds is 6. The van der Waals surface area contributed by atoms with Crippen molar-refractivity contribution in [2.24, 2.45) is 0 Å². The van der Waals surface area contributed by atoms with Crippen LogP contribution in [0.15, 0.2) is 24.3 Å². The first-order valence-electron chi connectivity index (χ1n) is 5.55. The maximum absolute atomic E-state index is 12.3. The number of nitrogens with one attached hydrogen (secondary N) is 3. The summed E-state index contributed by atoms with van der Waals surface area (Å²) in [6.45, 7) is 7.20. The van der Waals surface area contributed by atoms with Crippen molar-refractivity contribution in [3.05, 3.63) is 29.8 Å². The second-order valence-corrected chi connectivity index (χ2v) is 5.69. The van der Waals surface area contributed by atoms with Gasteiger partial charge in [-0.05, 0) is 19.1 Å². The molecule has 1 rings (SSSR count). The van der Waals surface area contributed by atoms with Gasteiger partial charge in [0.05, 0.1) is 0 Å². The van der Waals surface area contributed by atoms with Gasteiger partial charge in [0, 0.05) is 18.8 Å². The standard InChI is InChI=1S/C11H20N3OP/c1-4-12-16(15,13-5-2)14-11-8-6-10(3)7-9-11/h6-9H,4-5H2,1-3H3,(H3,12,13,14,15). The molecule has 0 saturated heterocycles. The van der Waals surface area contributed by atoms with Crippen LogP contribution in [-0.4, -0.2) is 13.1 Å². The van der Waals surface area contributed by atoms with Gasteiger partial charge in [-0.15, -0.1) is 0 Å². The molecular weight excluding hydrogens is 221 g/mol. The van der Waals surface area contributed by atoms with Crippen molar-refractivity contribution >= 4 is 13.3 Å². The summed E-state index contributed by atoms with van der Waals surface area (Å²) in [4.78, 5) is 0. The summed E-state index contributed by atoms with van der Waals surface area (Å²) in [5.74, 6) is 0. The fourth-order valence-electron chi connectivity index (χ4n) is 1.39. The third-order valence-corrected chi connectivity index (χ3v) is 4.20. The number of aryl methyl sites for hydroxylation is 1. The van der Waals surface area contributed by atoms with Gasteiger partial charge >= 0.3 is 7.59 Å². The SMILES string of the molecule is CCNP(=O)(NCC)Nc1ccc(C)cc1. The minimum atomic E-state index is -2.71. The molecule has 16 heavy (non-hydrogen) atoms. The lowest BCUT2D eigenvalue weighted by Gasteiger charge is -2.21. The van der Waals surface area contributed by atoms with Gasteiger partial charge in [0.25, 0.3) is 0 Å². The molecule has 0 atom stereocenters. The molecule has 1 aromatic carbocycles. The molecule has 90 valence electrons. The van der Waals surface area contributed by atoms with E-state index in [1.165, 1.54) is 5.56 Å². The molecule has 4 nitrogen and oxygen atoms in total. The molecule has 0 aliphatic rings. The largest absolute Gasteiger partial charge is 0.313 e. The Labute approximate surface area is 97.4 Å². The normalized spacial score (nSPS) is 11.4. The van der Waals surface area contributed by atoms with Crippen LogP contribution in [0.1, 0.15) is 19.4 Å². The number of benzene rings is 1. The molecule has 0 heterocycles. The summed E-state index contributed by atoms with van der Waals surface area (Å²) >= 11 is 0. The van der Waals surface area contributed by atoms with Crippen molar-refractivity contribution in [3.8, 4) is 0 Å². The first-order chi connectivity index (χ1) is 7.59. The zero-order valence-electron chi connectivity index (χ0n) is 10.1. The average molecular weight is 241 g/mol. The van der Waals surface area contributed by atoms with E-state index in [0.717, 1.165) is 5.69 Å². The Morgan fingerprint density at radius 2 is 1.56 bits per heavy atom. The van der Waals surface area contributed by atoms with Crippen LogP contribution in [0.2, 0.25) is 0 Å². The highest BCUT2D eigenvalue weighted by Crippen LogP contribution is 2.35. The smallest absolute Gasteiger partial charge is 0.303 e. The van der Waals surface area contributed by atoms with Crippen molar-refractivity contribution in [2.75, 3.05) is 18.2 Å². The monoisotopic (exact) mass is 241 g/mol. The minimum absolute atomic E-state index is 0.656. The molecule has 0 bridgehead atoms. The summed E-state index contributed by atoms with van der Waals surface area (Å²) < 4.78 is 12.3. The zero-order chi connectivity index (χ0) is 12.0. The number of hydrogen-bond donors (Lipinski definition) is 3. The Kier molecular flexibility index (Phi) is 5.00. The van der Waals surface area contributed by atoms with Crippen molar-refractivity contribution in [1.29, 1.82) is 0 Å². The van der Waals surface area contributed by atoms with Crippen LogP contribution in [0, 0.1) is 6.92 Å². The Bertz CT molecular complexity index is 354. The highest BCUT2D eigenvalue weighted by molar-refractivity contribution is 7.61. The van der Waals surface area contributed by atoms with Gasteiger partial charge in [-0.3, -0.25) is 4.57 Å². The second-order valence-electron chi connectivity index (χ2n) is 3.61. The summed E-state index contributed by atoms with van der Waals surface area (Å²) in [7, 11) is -2.71. The molecule has 0 aromatic heterocycles. The lowest BCUT2D eigenvalue weighted by molar-refractivity contribution is 0.560. The molecule has 0 aliphatic carbocycles. The van der Waals surface area contributed by atoms with Gasteiger partial charge < -0.3 is 5.09 Å². The van der Waals surface area contributed by atoms with E-state index in [1.54, 1.807) is 0 Å². The van der Waals surface area contributed by atoms with Crippen molar-refractivity contribution in [2.45, 2.75) is 20.8 Å². The molecule has 1 aromatic rings. The van der Waals surface area contributed by atoms with E-state index >= 15 is 0 Å². The first kappa shape index (κ1) is 13.2. The van der Waals surface area contributed by atoms with Gasteiger partial charge in [0.15, 0.2) is 0 Å². The maximum Gasteiger partial charge on any atom is 0.303 e. The third-order valence-electron chi connectivity index (χ3n) is 2.10. The zero-order valence-corrected chi connectivity index (χ0v) is 11.0. The molecule has 0 fully saturated rings. The van der Waals surface area contributed by atoms with Crippen molar-refractivity contribution in [1.82, 2.24) is 10.2 Å². The second kappa shape index (κ2) is 6.04. The third kappa shape index (κ3) is 3.97. The maximum atomic E-state index is 12.3. The number of hydrogen-bond acceptors (Lipinski definition) is 1. The van der Waals surface area contributed by atoms with Crippen LogP contribution < -0.4 is 15.3 Å². The fourth-order valence-corrected chi connectivity index (χ4v) is 3.06. The van der Waals surface area contributed by atoms with Gasteiger partial charge in [-0.25, -0.2) is 10.2 Å². The predicted octanol–water partition coefficient (Wildman–Crippen LogP) is 2.73. The fraction of sp³-hybridized carbons (Fsp3) is 0.455. The molecule has 3 N–H and O–H groups in total. The molecule has 0 aliphatic heterocycles. The highest BCUT2D eigenvalue weighted by Gasteiger charge is 2.18. The lowest BCUT2D eigenvalue weighted by Crippen LogP contribution is -2.27. The average Bonchev–Trinajstić information content (AvgIpc) is 2.22. The molecule has 0 saturated carbocycles. The quantitative estimate of drug-likeness (QED) is 0.670. The van der Waals surface area contributed by atoms with Gasteiger partial charge in [-0.2, -0.15) is 0 Å². The van der Waals surface area contributed by atoms with E-state index in [1.807, 2.05) is 45.0 Å². The van der Waals surface area contributed by atoms with Gasteiger partial charge in [0.2, 0.25) is 0 Å². The first-order valence-corrected chi connectivity index (χ1v) is 7.25. The van der Waals surface area contributed by atoms with Crippen LogP contribution in [-0.2, 0) is 4.57 Å². The molecule has 0 amide bonds. The van der Waals surface area contributed by atoms with Crippen molar-refractivity contribution < 1.29 is 4.57 Å². The van der Waals surface area contributed by atoms with E-state index in [2.05, 4.69) is 15.3 Å². The van der Waals surface area contributed by atoms with Gasteiger partial charge in [-0.1, -0.05) is 31.5 Å². The summed E-state index contributed by atoms with van der Waals surface area (Å²) in [5.41, 5.74) is 2.04. The molecule has 5 heteroatoms. The van der Waals surface area contributed by atoms with E-state index in [4.69, 9.17) is 0 Å². The molecule has 0 unspecified atom stereocenters. The molecule has 0 spiro atoms. The highest BCUT2D eigenvalue weighted by atomic mass is 31.2. The Morgan fingerprint density at radius 3 is 2.00 bits per heavy atom. The van der Waals surface area contributed by atoms with Crippen LogP contribution in [0.5, 0.6) is 0 Å². The summed E-state index contributed by atoms with van der Waals surface area (Å²) in [6, 6.07) is 7.84. The van der Waals surface area contributed by atoms with Crippen molar-refractivity contribution in [3.63, 3.8) is 0 Å². The van der Waals surface area contributed by atoms with Crippen LogP contribution in [0.3, 0.4) is 0 Å². The molecule has 0 radical (unpaired) electrons. The Morgan fingerprint density at radius 1 is 1.06 bits per heavy atom. The van der Waals surface area contributed by atoms with E-state index in [0.29, 0.717) is 13.1 Å². The van der Waals surface area contributed by atoms with E-state index in [9.17, 15) is 4.57 Å². The van der Waals surface area contributed by atoms with E-state index < -0.39 is 7.59 Å². The minimum Gasteiger partial charge on any atom is -0.313 e. The summed E-state index contributed by atoms with van der Waals surface area (Å²) in [5, 5.41) is 8.93. The molecular formula is C11H20N3OP. The van der Waals surface area contributed by atoms with Crippen LogP contribution in [0.25, 0.3) is 0 Å². The lowest BCUT2D eigenvalue weighted by atomic mass is 10.2. The van der Waals surface area contributed by atoms with E-state index in [-0.39, 0.29) is 0 Å². The van der Waals surface area contributed by atoms with Crippen LogP contribution in [0.4, 0.5) is 5.69 Å². The number of anilines is 1. The Balaban J connectivity index is 2.75. The topological polar surface area (TPSA) is 53.2 Å². The Hall–Kier alpha value is -0.830. The van der Waals surface area contributed by atoms with Crippen LogP contribution >= 0.6 is 7.59 Å². The summed E-state index contributed by atoms with van der Waals surface area (Å²) in [6.07, 6.45) is 0. The predicted molar refractivity (Wildman–Crippen MR) is 69.8 cm³/mol. The van der Waals surface area contributed by atoms with Gasteiger partial charge in [0.1, 0.15) is 0 Å².